The van der Waals surface area contributed by atoms with E-state index in [4.69, 9.17) is 4.74 Å². The highest BCUT2D eigenvalue weighted by Gasteiger charge is 2.08. The second-order valence-electron chi connectivity index (χ2n) is 4.51. The number of pyridine rings is 1. The number of aliphatic hydroxyl groups is 1. The fourth-order valence-corrected chi connectivity index (χ4v) is 2.08. The molecule has 96 valence electrons. The second-order valence-corrected chi connectivity index (χ2v) is 4.51. The van der Waals surface area contributed by atoms with Crippen LogP contribution in [0.25, 0.3) is 10.9 Å². The molecule has 1 N–H and O–H groups in total. The van der Waals surface area contributed by atoms with Gasteiger partial charge in [0.05, 0.1) is 18.2 Å². The Morgan fingerprint density at radius 2 is 2.11 bits per heavy atom. The Bertz CT molecular complexity index is 525. The third-order valence-corrected chi connectivity index (χ3v) is 2.97. The fraction of sp³-hybridized carbons (Fsp3) is 0.400. The molecule has 1 heterocycles. The molecule has 2 aromatic rings. The lowest BCUT2D eigenvalue weighted by molar-refractivity contribution is 0.201. The molecule has 1 aromatic carbocycles. The van der Waals surface area contributed by atoms with Gasteiger partial charge in [-0.1, -0.05) is 31.5 Å². The zero-order valence-electron chi connectivity index (χ0n) is 10.9. The Hall–Kier alpha value is -1.61. The third-order valence-electron chi connectivity index (χ3n) is 2.97. The number of aliphatic hydroxyl groups excluding tert-OH is 1. The molecule has 0 amide bonds. The minimum Gasteiger partial charge on any atom is -0.475 e. The van der Waals surface area contributed by atoms with Crippen molar-refractivity contribution in [2.75, 3.05) is 0 Å². The quantitative estimate of drug-likeness (QED) is 0.878. The number of aromatic nitrogens is 1. The molecule has 1 unspecified atom stereocenters. The zero-order chi connectivity index (χ0) is 13.0. The van der Waals surface area contributed by atoms with Crippen LogP contribution in [0, 0.1) is 0 Å². The Morgan fingerprint density at radius 1 is 1.33 bits per heavy atom. The summed E-state index contributed by atoms with van der Waals surface area (Å²) in [6, 6.07) is 9.62. The first-order valence-electron chi connectivity index (χ1n) is 6.40. The van der Waals surface area contributed by atoms with Crippen molar-refractivity contribution in [1.29, 1.82) is 0 Å². The highest BCUT2D eigenvalue weighted by molar-refractivity contribution is 5.82. The van der Waals surface area contributed by atoms with E-state index in [1.165, 1.54) is 0 Å². The van der Waals surface area contributed by atoms with Crippen LogP contribution < -0.4 is 4.74 Å². The predicted molar refractivity (Wildman–Crippen MR) is 72.7 cm³/mol. The maximum Gasteiger partial charge on any atom is 0.214 e. The number of benzene rings is 1. The number of fused-ring (bicyclic) bond motifs is 1. The summed E-state index contributed by atoms with van der Waals surface area (Å²) < 4.78 is 5.78. The summed E-state index contributed by atoms with van der Waals surface area (Å²) in [5.41, 5.74) is 1.72. The molecule has 0 saturated heterocycles. The monoisotopic (exact) mass is 245 g/mol. The first-order chi connectivity index (χ1) is 8.74. The van der Waals surface area contributed by atoms with E-state index in [0.717, 1.165) is 29.3 Å². The molecule has 0 bridgehead atoms. The number of rotatable bonds is 5. The summed E-state index contributed by atoms with van der Waals surface area (Å²) in [6.07, 6.45) is 2.24. The van der Waals surface area contributed by atoms with Crippen LogP contribution >= 0.6 is 0 Å². The van der Waals surface area contributed by atoms with Crippen LogP contribution in [0.3, 0.4) is 0 Å². The van der Waals surface area contributed by atoms with Crippen LogP contribution in [0.2, 0.25) is 0 Å². The third kappa shape index (κ3) is 2.79. The number of hydrogen-bond donors (Lipinski definition) is 1. The van der Waals surface area contributed by atoms with Gasteiger partial charge in [-0.15, -0.1) is 0 Å². The van der Waals surface area contributed by atoms with Gasteiger partial charge in [0.2, 0.25) is 5.88 Å². The minimum atomic E-state index is 0.00154. The number of ether oxygens (including phenoxy) is 1. The fourth-order valence-electron chi connectivity index (χ4n) is 2.08. The number of para-hydroxylation sites is 1. The van der Waals surface area contributed by atoms with E-state index in [-0.39, 0.29) is 12.7 Å². The smallest absolute Gasteiger partial charge is 0.214 e. The molecular weight excluding hydrogens is 226 g/mol. The molecule has 1 atom stereocenters. The van der Waals surface area contributed by atoms with Crippen LogP contribution in [0.5, 0.6) is 5.88 Å². The van der Waals surface area contributed by atoms with Crippen molar-refractivity contribution >= 4 is 10.9 Å². The molecule has 0 spiro atoms. The van der Waals surface area contributed by atoms with Crippen molar-refractivity contribution < 1.29 is 9.84 Å². The summed E-state index contributed by atoms with van der Waals surface area (Å²) in [5, 5.41) is 10.4. The molecule has 1 aromatic heterocycles. The molecular formula is C15H19NO2. The molecule has 3 nitrogen and oxygen atoms in total. The van der Waals surface area contributed by atoms with Gasteiger partial charge in [-0.3, -0.25) is 0 Å². The SMILES string of the molecule is CCCC(C)Oc1cc(CO)c2ccccc2n1. The largest absolute Gasteiger partial charge is 0.475 e. The molecule has 0 fully saturated rings. The molecule has 0 aliphatic rings. The lowest BCUT2D eigenvalue weighted by Gasteiger charge is -2.14. The van der Waals surface area contributed by atoms with Gasteiger partial charge in [0.15, 0.2) is 0 Å². The van der Waals surface area contributed by atoms with Crippen molar-refractivity contribution in [2.45, 2.75) is 39.4 Å². The lowest BCUT2D eigenvalue weighted by Crippen LogP contribution is -2.12. The van der Waals surface area contributed by atoms with E-state index >= 15 is 0 Å². The Kier molecular flexibility index (Phi) is 4.15. The molecule has 0 aliphatic carbocycles. The van der Waals surface area contributed by atoms with Crippen molar-refractivity contribution in [3.05, 3.63) is 35.9 Å². The summed E-state index contributed by atoms with van der Waals surface area (Å²) >= 11 is 0. The summed E-state index contributed by atoms with van der Waals surface area (Å²) in [6.45, 7) is 4.17. The van der Waals surface area contributed by atoms with E-state index < -0.39 is 0 Å². The zero-order valence-corrected chi connectivity index (χ0v) is 10.9. The molecule has 18 heavy (non-hydrogen) atoms. The van der Waals surface area contributed by atoms with Crippen molar-refractivity contribution in [2.24, 2.45) is 0 Å². The van der Waals surface area contributed by atoms with Gasteiger partial charge >= 0.3 is 0 Å². The van der Waals surface area contributed by atoms with Gasteiger partial charge in [-0.25, -0.2) is 4.98 Å². The highest BCUT2D eigenvalue weighted by atomic mass is 16.5. The van der Waals surface area contributed by atoms with Gasteiger partial charge in [0.1, 0.15) is 0 Å². The van der Waals surface area contributed by atoms with E-state index in [0.29, 0.717) is 5.88 Å². The molecule has 2 rings (SSSR count). The maximum atomic E-state index is 9.41. The predicted octanol–water partition coefficient (Wildman–Crippen LogP) is 3.29. The van der Waals surface area contributed by atoms with E-state index in [1.807, 2.05) is 37.3 Å². The van der Waals surface area contributed by atoms with Crippen molar-refractivity contribution in [3.8, 4) is 5.88 Å². The highest BCUT2D eigenvalue weighted by Crippen LogP contribution is 2.23. The molecule has 3 heteroatoms. The first-order valence-corrected chi connectivity index (χ1v) is 6.40. The van der Waals surface area contributed by atoms with Gasteiger partial charge in [0, 0.05) is 11.5 Å². The van der Waals surface area contributed by atoms with Crippen molar-refractivity contribution in [1.82, 2.24) is 4.98 Å². The Labute approximate surface area is 107 Å². The van der Waals surface area contributed by atoms with Gasteiger partial charge in [-0.2, -0.15) is 0 Å². The molecule has 0 aliphatic heterocycles. The molecule has 0 radical (unpaired) electrons. The topological polar surface area (TPSA) is 42.4 Å². The average Bonchev–Trinajstić information content (AvgIpc) is 2.38. The summed E-state index contributed by atoms with van der Waals surface area (Å²) in [4.78, 5) is 4.47. The maximum absolute atomic E-state index is 9.41. The van der Waals surface area contributed by atoms with E-state index in [9.17, 15) is 5.11 Å². The van der Waals surface area contributed by atoms with Crippen LogP contribution in [-0.2, 0) is 6.61 Å². The normalized spacial score (nSPS) is 12.6. The summed E-state index contributed by atoms with van der Waals surface area (Å²) in [7, 11) is 0. The standard InChI is InChI=1S/C15H19NO2/c1-3-6-11(2)18-15-9-12(10-17)13-7-4-5-8-14(13)16-15/h4-5,7-9,11,17H,3,6,10H2,1-2H3. The first kappa shape index (κ1) is 12.8. The van der Waals surface area contributed by atoms with Crippen molar-refractivity contribution in [3.63, 3.8) is 0 Å². The number of nitrogens with zero attached hydrogens (tertiary/aromatic N) is 1. The van der Waals surface area contributed by atoms with Crippen LogP contribution in [0.4, 0.5) is 0 Å². The van der Waals surface area contributed by atoms with Gasteiger partial charge in [-0.05, 0) is 25.0 Å². The van der Waals surface area contributed by atoms with Crippen LogP contribution in [-0.4, -0.2) is 16.2 Å². The van der Waals surface area contributed by atoms with Crippen LogP contribution in [0.15, 0.2) is 30.3 Å². The summed E-state index contributed by atoms with van der Waals surface area (Å²) in [5.74, 6) is 0.596. The lowest BCUT2D eigenvalue weighted by atomic mass is 10.1. The van der Waals surface area contributed by atoms with Gasteiger partial charge in [0.25, 0.3) is 0 Å². The molecule has 0 saturated carbocycles. The Morgan fingerprint density at radius 3 is 2.83 bits per heavy atom. The van der Waals surface area contributed by atoms with E-state index in [1.54, 1.807) is 0 Å². The second kappa shape index (κ2) is 5.83. The number of hydrogen-bond acceptors (Lipinski definition) is 3. The van der Waals surface area contributed by atoms with E-state index in [2.05, 4.69) is 11.9 Å². The Balaban J connectivity index is 2.34. The average molecular weight is 245 g/mol. The van der Waals surface area contributed by atoms with Gasteiger partial charge < -0.3 is 9.84 Å². The van der Waals surface area contributed by atoms with Crippen LogP contribution in [0.1, 0.15) is 32.3 Å². The minimum absolute atomic E-state index is 0.00154.